The van der Waals surface area contributed by atoms with E-state index in [4.69, 9.17) is 11.6 Å². The zero-order valence-electron chi connectivity index (χ0n) is 9.06. The quantitative estimate of drug-likeness (QED) is 0.765. The summed E-state index contributed by atoms with van der Waals surface area (Å²) in [6.07, 6.45) is 0. The van der Waals surface area contributed by atoms with Crippen LogP contribution in [0.1, 0.15) is 9.67 Å². The molecule has 1 atom stereocenters. The normalized spacial score (nSPS) is 12.3. The predicted molar refractivity (Wildman–Crippen MR) is 79.1 cm³/mol. The first-order valence-corrected chi connectivity index (χ1v) is 8.29. The monoisotopic (exact) mass is 362 g/mol. The number of hydrogen-bond donors (Lipinski definition) is 0. The molecule has 0 radical (unpaired) electrons. The fraction of sp³-hybridized carbons (Fsp3) is 0.0833. The molecule has 0 saturated heterocycles. The van der Waals surface area contributed by atoms with Crippen molar-refractivity contribution in [3.63, 3.8) is 0 Å². The van der Waals surface area contributed by atoms with E-state index in [-0.39, 0.29) is 11.5 Å². The van der Waals surface area contributed by atoms with Gasteiger partial charge in [0.25, 0.3) is 0 Å². The molecule has 1 heterocycles. The zero-order valence-corrected chi connectivity index (χ0v) is 13.0. The molecule has 0 fully saturated rings. The summed E-state index contributed by atoms with van der Waals surface area (Å²) in [5, 5.41) is 0.587. The minimum atomic E-state index is -1.33. The molecule has 0 spiro atoms. The Bertz CT molecular complexity index is 592. The summed E-state index contributed by atoms with van der Waals surface area (Å²) in [6.45, 7) is 0. The third kappa shape index (κ3) is 3.51. The van der Waals surface area contributed by atoms with E-state index in [1.54, 1.807) is 30.3 Å². The summed E-state index contributed by atoms with van der Waals surface area (Å²) < 4.78 is 12.9. The molecular formula is C12H8BrClO2S2. The van der Waals surface area contributed by atoms with Crippen LogP contribution in [-0.4, -0.2) is 15.7 Å². The Kier molecular flexibility index (Phi) is 4.72. The number of hydrogen-bond acceptors (Lipinski definition) is 3. The van der Waals surface area contributed by atoms with Gasteiger partial charge < -0.3 is 0 Å². The van der Waals surface area contributed by atoms with Gasteiger partial charge in [-0.2, -0.15) is 0 Å². The Morgan fingerprint density at radius 2 is 1.89 bits per heavy atom. The number of carbonyl (C=O) groups is 1. The lowest BCUT2D eigenvalue weighted by Gasteiger charge is -2.00. The van der Waals surface area contributed by atoms with Crippen molar-refractivity contribution < 1.29 is 9.00 Å². The molecule has 0 N–H and O–H groups in total. The fourth-order valence-corrected chi connectivity index (χ4v) is 3.86. The van der Waals surface area contributed by atoms with Crippen LogP contribution in [0.4, 0.5) is 0 Å². The van der Waals surface area contributed by atoms with E-state index in [0.29, 0.717) is 14.8 Å². The van der Waals surface area contributed by atoms with Crippen molar-refractivity contribution >= 4 is 55.5 Å². The zero-order chi connectivity index (χ0) is 13.1. The summed E-state index contributed by atoms with van der Waals surface area (Å²) in [7, 11) is -1.33. The summed E-state index contributed by atoms with van der Waals surface area (Å²) in [5.74, 6) is -0.117. The maximum absolute atomic E-state index is 12.0. The second kappa shape index (κ2) is 6.10. The minimum Gasteiger partial charge on any atom is -0.292 e. The third-order valence-electron chi connectivity index (χ3n) is 2.19. The molecular weight excluding hydrogens is 356 g/mol. The van der Waals surface area contributed by atoms with Gasteiger partial charge in [0.15, 0.2) is 5.78 Å². The standard InChI is InChI=1S/C12H8BrClO2S2/c13-12-6-5-11(17-12)10(15)7-18(16)9-3-1-8(14)2-4-9/h1-6H,7H2. The number of rotatable bonds is 4. The van der Waals surface area contributed by atoms with Crippen LogP contribution >= 0.6 is 38.9 Å². The first-order chi connectivity index (χ1) is 8.56. The SMILES string of the molecule is O=C(CS(=O)c1ccc(Cl)cc1)c1ccc(Br)s1. The van der Waals surface area contributed by atoms with E-state index in [9.17, 15) is 9.00 Å². The lowest BCUT2D eigenvalue weighted by atomic mass is 10.3. The number of carbonyl (C=O) groups excluding carboxylic acids is 1. The first-order valence-electron chi connectivity index (χ1n) is 4.99. The molecule has 0 saturated carbocycles. The Hall–Kier alpha value is -0.490. The minimum absolute atomic E-state index is 0.00537. The van der Waals surface area contributed by atoms with E-state index < -0.39 is 10.8 Å². The van der Waals surface area contributed by atoms with Gasteiger partial charge in [-0.15, -0.1) is 11.3 Å². The van der Waals surface area contributed by atoms with Crippen LogP contribution < -0.4 is 0 Å². The second-order valence-electron chi connectivity index (χ2n) is 3.47. The summed E-state index contributed by atoms with van der Waals surface area (Å²) >= 11 is 10.4. The molecule has 2 rings (SSSR count). The number of thiophene rings is 1. The van der Waals surface area contributed by atoms with Crippen LogP contribution in [0, 0.1) is 0 Å². The van der Waals surface area contributed by atoms with Crippen LogP contribution in [0.15, 0.2) is 45.1 Å². The van der Waals surface area contributed by atoms with Gasteiger partial charge in [0, 0.05) is 9.92 Å². The van der Waals surface area contributed by atoms with Gasteiger partial charge >= 0.3 is 0 Å². The molecule has 2 nitrogen and oxygen atoms in total. The average molecular weight is 364 g/mol. The smallest absolute Gasteiger partial charge is 0.185 e. The average Bonchev–Trinajstić information content (AvgIpc) is 2.76. The van der Waals surface area contributed by atoms with E-state index in [0.717, 1.165) is 3.79 Å². The van der Waals surface area contributed by atoms with E-state index in [1.165, 1.54) is 11.3 Å². The number of halogens is 2. The first kappa shape index (κ1) is 13.9. The molecule has 1 aromatic carbocycles. The van der Waals surface area contributed by atoms with Gasteiger partial charge in [0.05, 0.1) is 25.2 Å². The van der Waals surface area contributed by atoms with Crippen LogP contribution in [-0.2, 0) is 10.8 Å². The van der Waals surface area contributed by atoms with Crippen LogP contribution in [0.25, 0.3) is 0 Å². The lowest BCUT2D eigenvalue weighted by Crippen LogP contribution is -2.09. The summed E-state index contributed by atoms with van der Waals surface area (Å²) in [4.78, 5) is 13.1. The highest BCUT2D eigenvalue weighted by Crippen LogP contribution is 2.23. The maximum Gasteiger partial charge on any atom is 0.185 e. The molecule has 18 heavy (non-hydrogen) atoms. The summed E-state index contributed by atoms with van der Waals surface area (Å²) in [5.41, 5.74) is 0. The van der Waals surface area contributed by atoms with Crippen molar-refractivity contribution in [3.05, 3.63) is 50.1 Å². The molecule has 0 bridgehead atoms. The highest BCUT2D eigenvalue weighted by molar-refractivity contribution is 9.11. The van der Waals surface area contributed by atoms with Gasteiger partial charge in [-0.25, -0.2) is 0 Å². The third-order valence-corrected chi connectivity index (χ3v) is 5.43. The van der Waals surface area contributed by atoms with E-state index in [1.807, 2.05) is 6.07 Å². The van der Waals surface area contributed by atoms with Crippen LogP contribution in [0.5, 0.6) is 0 Å². The fourth-order valence-electron chi connectivity index (χ4n) is 1.32. The molecule has 6 heteroatoms. The highest BCUT2D eigenvalue weighted by Gasteiger charge is 2.14. The van der Waals surface area contributed by atoms with Crippen LogP contribution in [0.2, 0.25) is 5.02 Å². The van der Waals surface area contributed by atoms with Crippen molar-refractivity contribution in [1.29, 1.82) is 0 Å². The highest BCUT2D eigenvalue weighted by atomic mass is 79.9. The molecule has 0 amide bonds. The lowest BCUT2D eigenvalue weighted by molar-refractivity contribution is 0.102. The predicted octanol–water partition coefficient (Wildman–Crippen LogP) is 4.15. The maximum atomic E-state index is 12.0. The largest absolute Gasteiger partial charge is 0.292 e. The van der Waals surface area contributed by atoms with Crippen molar-refractivity contribution in [2.75, 3.05) is 5.75 Å². The van der Waals surface area contributed by atoms with Crippen molar-refractivity contribution in [3.8, 4) is 0 Å². The van der Waals surface area contributed by atoms with Gasteiger partial charge in [-0.3, -0.25) is 9.00 Å². The molecule has 1 aromatic heterocycles. The molecule has 0 aliphatic carbocycles. The van der Waals surface area contributed by atoms with Gasteiger partial charge in [-0.05, 0) is 52.3 Å². The Morgan fingerprint density at radius 3 is 2.44 bits per heavy atom. The van der Waals surface area contributed by atoms with Gasteiger partial charge in [0.2, 0.25) is 0 Å². The van der Waals surface area contributed by atoms with Crippen molar-refractivity contribution in [2.45, 2.75) is 4.90 Å². The van der Waals surface area contributed by atoms with E-state index in [2.05, 4.69) is 15.9 Å². The van der Waals surface area contributed by atoms with E-state index >= 15 is 0 Å². The Labute approximate surface area is 125 Å². The number of Topliss-reactive ketones (excluding diaryl/α,β-unsaturated/α-hetero) is 1. The topological polar surface area (TPSA) is 34.1 Å². The van der Waals surface area contributed by atoms with Gasteiger partial charge in [-0.1, -0.05) is 11.6 Å². The molecule has 1 unspecified atom stereocenters. The molecule has 0 aliphatic rings. The van der Waals surface area contributed by atoms with Crippen molar-refractivity contribution in [2.24, 2.45) is 0 Å². The summed E-state index contributed by atoms with van der Waals surface area (Å²) in [6, 6.07) is 10.2. The van der Waals surface area contributed by atoms with Crippen LogP contribution in [0.3, 0.4) is 0 Å². The molecule has 0 aliphatic heterocycles. The molecule has 2 aromatic rings. The van der Waals surface area contributed by atoms with Gasteiger partial charge in [0.1, 0.15) is 0 Å². The number of ketones is 1. The Balaban J connectivity index is 2.08. The van der Waals surface area contributed by atoms with Crippen molar-refractivity contribution in [1.82, 2.24) is 0 Å². The molecule has 94 valence electrons. The second-order valence-corrected chi connectivity index (χ2v) is 7.82. The Morgan fingerprint density at radius 1 is 1.22 bits per heavy atom. The number of benzene rings is 1.